The van der Waals surface area contributed by atoms with Crippen LogP contribution in [0.1, 0.15) is 43.7 Å². The van der Waals surface area contributed by atoms with Crippen LogP contribution in [0.15, 0.2) is 23.3 Å². The summed E-state index contributed by atoms with van der Waals surface area (Å²) in [6.07, 6.45) is 4.57. The Kier molecular flexibility index (Phi) is 3.47. The van der Waals surface area contributed by atoms with E-state index in [0.29, 0.717) is 12.1 Å². The normalized spacial score (nSPS) is 21.2. The molecule has 4 nitrogen and oxygen atoms in total. The first-order valence-electron chi connectivity index (χ1n) is 7.42. The molecule has 1 aliphatic heterocycles. The van der Waals surface area contributed by atoms with Gasteiger partial charge in [0.2, 0.25) is 5.91 Å². The second-order valence-corrected chi connectivity index (χ2v) is 5.67. The minimum atomic E-state index is 0.160. The van der Waals surface area contributed by atoms with Gasteiger partial charge >= 0.3 is 0 Å². The molecule has 1 aliphatic carbocycles. The zero-order valence-corrected chi connectivity index (χ0v) is 11.9. The lowest BCUT2D eigenvalue weighted by atomic mass is 9.79. The molecule has 0 aromatic heterocycles. The van der Waals surface area contributed by atoms with Crippen molar-refractivity contribution in [3.05, 3.63) is 29.3 Å². The van der Waals surface area contributed by atoms with Gasteiger partial charge in [-0.3, -0.25) is 4.79 Å². The summed E-state index contributed by atoms with van der Waals surface area (Å²) in [5, 5.41) is 6.28. The number of nitrogens with zero attached hydrogens (tertiary/aromatic N) is 2. The average molecular weight is 270 g/mol. The molecule has 1 aromatic carbocycles. The average Bonchev–Trinajstić information content (AvgIpc) is 2.44. The SMILES string of the molecule is CCCCN1N=C2c3ccc([NH])cc3CCC2CC1=O. The first kappa shape index (κ1) is 13.2. The van der Waals surface area contributed by atoms with Crippen molar-refractivity contribution in [2.75, 3.05) is 6.54 Å². The smallest absolute Gasteiger partial charge is 0.243 e. The van der Waals surface area contributed by atoms with Gasteiger partial charge in [-0.15, -0.1) is 0 Å². The quantitative estimate of drug-likeness (QED) is 0.833. The molecular weight excluding hydrogens is 250 g/mol. The molecule has 1 atom stereocenters. The maximum atomic E-state index is 12.1. The van der Waals surface area contributed by atoms with Gasteiger partial charge in [0.1, 0.15) is 0 Å². The number of rotatable bonds is 3. The number of hydrazone groups is 1. The predicted molar refractivity (Wildman–Crippen MR) is 78.8 cm³/mol. The van der Waals surface area contributed by atoms with Gasteiger partial charge in [-0.05, 0) is 37.0 Å². The van der Waals surface area contributed by atoms with Crippen LogP contribution in [-0.4, -0.2) is 23.2 Å². The van der Waals surface area contributed by atoms with E-state index >= 15 is 0 Å². The molecule has 3 rings (SSSR count). The molecule has 1 heterocycles. The number of carbonyl (C=O) groups excluding carboxylic acids is 1. The van der Waals surface area contributed by atoms with Crippen LogP contribution in [-0.2, 0) is 11.2 Å². The molecule has 1 radical (unpaired) electrons. The number of benzene rings is 1. The lowest BCUT2D eigenvalue weighted by molar-refractivity contribution is -0.132. The fourth-order valence-electron chi connectivity index (χ4n) is 3.06. The number of hydrogen-bond donors (Lipinski definition) is 0. The zero-order chi connectivity index (χ0) is 14.1. The molecule has 1 N–H and O–H groups in total. The molecule has 0 bridgehead atoms. The third-order valence-electron chi connectivity index (χ3n) is 4.19. The number of hydrogen-bond acceptors (Lipinski definition) is 2. The highest BCUT2D eigenvalue weighted by Crippen LogP contribution is 2.33. The topological polar surface area (TPSA) is 56.5 Å². The Hall–Kier alpha value is -1.84. The van der Waals surface area contributed by atoms with Gasteiger partial charge < -0.3 is 5.73 Å². The van der Waals surface area contributed by atoms with E-state index in [-0.39, 0.29) is 11.8 Å². The van der Waals surface area contributed by atoms with Crippen LogP contribution in [0.2, 0.25) is 0 Å². The Labute approximate surface area is 119 Å². The number of carbonyl (C=O) groups is 1. The zero-order valence-electron chi connectivity index (χ0n) is 11.9. The Bertz CT molecular complexity index is 565. The summed E-state index contributed by atoms with van der Waals surface area (Å²) in [6, 6.07) is 5.74. The number of aryl methyl sites for hydroxylation is 1. The fourth-order valence-corrected chi connectivity index (χ4v) is 3.06. The van der Waals surface area contributed by atoms with Crippen LogP contribution in [0.5, 0.6) is 0 Å². The summed E-state index contributed by atoms with van der Waals surface area (Å²) in [4.78, 5) is 12.1. The minimum absolute atomic E-state index is 0.160. The van der Waals surface area contributed by atoms with E-state index in [2.05, 4.69) is 12.0 Å². The second kappa shape index (κ2) is 5.27. The lowest BCUT2D eigenvalue weighted by Gasteiger charge is -2.33. The Morgan fingerprint density at radius 3 is 3.10 bits per heavy atom. The number of unbranched alkanes of at least 4 members (excludes halogenated alkanes) is 1. The van der Waals surface area contributed by atoms with Crippen LogP contribution >= 0.6 is 0 Å². The molecule has 0 saturated carbocycles. The van der Waals surface area contributed by atoms with Crippen LogP contribution in [0, 0.1) is 5.92 Å². The van der Waals surface area contributed by atoms with Crippen LogP contribution in [0.3, 0.4) is 0 Å². The molecule has 1 aromatic rings. The van der Waals surface area contributed by atoms with E-state index < -0.39 is 0 Å². The van der Waals surface area contributed by atoms with Gasteiger partial charge in [0.05, 0.1) is 11.4 Å². The maximum absolute atomic E-state index is 12.1. The number of fused-ring (bicyclic) bond motifs is 3. The van der Waals surface area contributed by atoms with E-state index in [1.165, 1.54) is 5.56 Å². The van der Waals surface area contributed by atoms with E-state index in [0.717, 1.165) is 43.5 Å². The van der Waals surface area contributed by atoms with Gasteiger partial charge in [-0.25, -0.2) is 5.01 Å². The molecule has 2 aliphatic rings. The van der Waals surface area contributed by atoms with E-state index in [1.807, 2.05) is 18.2 Å². The highest BCUT2D eigenvalue weighted by Gasteiger charge is 2.33. The predicted octanol–water partition coefficient (Wildman–Crippen LogP) is 2.90. The summed E-state index contributed by atoms with van der Waals surface area (Å²) in [6.45, 7) is 2.84. The van der Waals surface area contributed by atoms with Crippen molar-refractivity contribution < 1.29 is 4.79 Å². The first-order valence-corrected chi connectivity index (χ1v) is 7.42. The largest absolute Gasteiger partial charge is 0.301 e. The van der Waals surface area contributed by atoms with E-state index in [1.54, 1.807) is 5.01 Å². The van der Waals surface area contributed by atoms with Gasteiger partial charge in [-0.2, -0.15) is 5.10 Å². The highest BCUT2D eigenvalue weighted by molar-refractivity contribution is 6.07. The van der Waals surface area contributed by atoms with Crippen molar-refractivity contribution in [1.82, 2.24) is 10.7 Å². The molecule has 1 amide bonds. The van der Waals surface area contributed by atoms with Crippen molar-refractivity contribution in [1.29, 1.82) is 0 Å². The second-order valence-electron chi connectivity index (χ2n) is 5.67. The van der Waals surface area contributed by atoms with Gasteiger partial charge in [0.15, 0.2) is 0 Å². The molecule has 0 spiro atoms. The van der Waals surface area contributed by atoms with E-state index in [9.17, 15) is 4.79 Å². The van der Waals surface area contributed by atoms with Crippen molar-refractivity contribution >= 4 is 17.3 Å². The summed E-state index contributed by atoms with van der Waals surface area (Å²) < 4.78 is 0. The highest BCUT2D eigenvalue weighted by atomic mass is 16.2. The summed E-state index contributed by atoms with van der Waals surface area (Å²) >= 11 is 0. The third kappa shape index (κ3) is 2.30. The number of amides is 1. The van der Waals surface area contributed by atoms with E-state index in [4.69, 9.17) is 5.73 Å². The maximum Gasteiger partial charge on any atom is 0.243 e. The third-order valence-corrected chi connectivity index (χ3v) is 4.19. The molecule has 1 unspecified atom stereocenters. The molecule has 0 saturated heterocycles. The number of nitrogens with one attached hydrogen (secondary N) is 1. The first-order chi connectivity index (χ1) is 9.69. The van der Waals surface area contributed by atoms with Crippen LogP contribution in [0.4, 0.5) is 5.69 Å². The van der Waals surface area contributed by atoms with Crippen LogP contribution < -0.4 is 5.73 Å². The minimum Gasteiger partial charge on any atom is -0.301 e. The molecule has 20 heavy (non-hydrogen) atoms. The molecular formula is C16H20N3O. The lowest BCUT2D eigenvalue weighted by Crippen LogP contribution is -2.39. The summed E-state index contributed by atoms with van der Waals surface area (Å²) in [5.41, 5.74) is 11.7. The van der Waals surface area contributed by atoms with Crippen LogP contribution in [0.25, 0.3) is 0 Å². The summed E-state index contributed by atoms with van der Waals surface area (Å²) in [5.74, 6) is 0.428. The Morgan fingerprint density at radius 1 is 1.45 bits per heavy atom. The summed E-state index contributed by atoms with van der Waals surface area (Å²) in [7, 11) is 0. The fraction of sp³-hybridized carbons (Fsp3) is 0.500. The van der Waals surface area contributed by atoms with Gasteiger partial charge in [0, 0.05) is 24.4 Å². The van der Waals surface area contributed by atoms with Crippen molar-refractivity contribution in [2.45, 2.75) is 39.0 Å². The molecule has 4 heteroatoms. The monoisotopic (exact) mass is 270 g/mol. The Morgan fingerprint density at radius 2 is 2.30 bits per heavy atom. The van der Waals surface area contributed by atoms with Gasteiger partial charge in [-0.1, -0.05) is 19.4 Å². The van der Waals surface area contributed by atoms with Crippen molar-refractivity contribution in [3.63, 3.8) is 0 Å². The molecule has 105 valence electrons. The van der Waals surface area contributed by atoms with Gasteiger partial charge in [0.25, 0.3) is 0 Å². The Balaban J connectivity index is 1.95. The van der Waals surface area contributed by atoms with Crippen molar-refractivity contribution in [2.24, 2.45) is 11.0 Å². The standard InChI is InChI=1S/C16H20N3O/c1-2-3-8-19-15(20)10-12-5-4-11-9-13(17)6-7-14(11)16(12)18-19/h6-7,9,12,17H,2-5,8,10H2,1H3. The van der Waals surface area contributed by atoms with Crippen molar-refractivity contribution in [3.8, 4) is 0 Å². The molecule has 0 fully saturated rings.